The zero-order valence-electron chi connectivity index (χ0n) is 9.68. The molecule has 0 atom stereocenters. The molecule has 0 aliphatic heterocycles. The second-order valence-electron chi connectivity index (χ2n) is 3.70. The lowest BCUT2D eigenvalue weighted by atomic mass is 10.1. The van der Waals surface area contributed by atoms with Crippen molar-refractivity contribution in [3.05, 3.63) is 59.0 Å². The van der Waals surface area contributed by atoms with Gasteiger partial charge >= 0.3 is 10.1 Å². The van der Waals surface area contributed by atoms with E-state index in [1.165, 1.54) is 24.3 Å². The Balaban J connectivity index is 2.16. The van der Waals surface area contributed by atoms with Crippen LogP contribution in [-0.4, -0.2) is 18.8 Å². The monoisotopic (exact) mass is 294 g/mol. The Morgan fingerprint density at radius 1 is 1.11 bits per heavy atom. The molecule has 0 fully saturated rings. The topological polar surface area (TPSA) is 71.4 Å². The lowest BCUT2D eigenvalue weighted by molar-refractivity contribution is 0.104. The van der Waals surface area contributed by atoms with E-state index >= 15 is 0 Å². The molecule has 0 unspecified atom stereocenters. The maximum Gasteiger partial charge on any atom is 0.304 e. The first-order valence-corrected chi connectivity index (χ1v) is 7.57. The van der Waals surface area contributed by atoms with E-state index in [1.54, 1.807) is 24.3 Å². The summed E-state index contributed by atoms with van der Waals surface area (Å²) in [5.74, 6) is -0.164. The van der Waals surface area contributed by atoms with Crippen LogP contribution in [0.1, 0.15) is 15.2 Å². The molecule has 1 heterocycles. The molecule has 0 saturated heterocycles. The van der Waals surface area contributed by atoms with Crippen LogP contribution < -0.4 is 0 Å². The molecule has 2 aromatic rings. The molecule has 0 bridgehead atoms. The first kappa shape index (κ1) is 13.7. The average Bonchev–Trinajstić information content (AvgIpc) is 2.86. The average molecular weight is 294 g/mol. The van der Waals surface area contributed by atoms with Gasteiger partial charge in [-0.15, -0.1) is 11.3 Å². The van der Waals surface area contributed by atoms with Crippen molar-refractivity contribution in [1.29, 1.82) is 0 Å². The summed E-state index contributed by atoms with van der Waals surface area (Å²) >= 11 is 0.900. The number of carbonyl (C=O) groups excluding carboxylic acids is 1. The molecule has 0 aliphatic rings. The van der Waals surface area contributed by atoms with Crippen LogP contribution in [-0.2, 0) is 10.1 Å². The van der Waals surface area contributed by atoms with Crippen molar-refractivity contribution in [2.45, 2.75) is 4.21 Å². The Labute approximate surface area is 114 Å². The quantitative estimate of drug-likeness (QED) is 0.534. The van der Waals surface area contributed by atoms with Crippen LogP contribution in [0.25, 0.3) is 6.08 Å². The van der Waals surface area contributed by atoms with Crippen molar-refractivity contribution >= 4 is 33.3 Å². The van der Waals surface area contributed by atoms with Crippen LogP contribution in [0.5, 0.6) is 0 Å². The zero-order valence-corrected chi connectivity index (χ0v) is 11.3. The molecule has 0 amide bonds. The van der Waals surface area contributed by atoms with E-state index in [0.29, 0.717) is 10.4 Å². The summed E-state index contributed by atoms with van der Waals surface area (Å²) in [5.41, 5.74) is 0.560. The summed E-state index contributed by atoms with van der Waals surface area (Å²) in [4.78, 5) is 12.4. The molecule has 1 aromatic heterocycles. The Hall–Kier alpha value is -1.76. The number of thiophene rings is 1. The molecule has 19 heavy (non-hydrogen) atoms. The highest BCUT2D eigenvalue weighted by Crippen LogP contribution is 2.22. The van der Waals surface area contributed by atoms with Gasteiger partial charge in [0, 0.05) is 10.4 Å². The summed E-state index contributed by atoms with van der Waals surface area (Å²) < 4.78 is 30.5. The standard InChI is InChI=1S/C13H10O4S2/c14-12(10-4-2-1-3-5-10)8-6-11-7-9-13(18-11)19(15,16)17/h1-9H,(H,15,16,17)/b8-6+. The third-order valence-electron chi connectivity index (χ3n) is 2.31. The third-order valence-corrected chi connectivity index (χ3v) is 4.69. The summed E-state index contributed by atoms with van der Waals surface area (Å²) in [7, 11) is -4.17. The number of carbonyl (C=O) groups is 1. The fourth-order valence-corrected chi connectivity index (χ4v) is 3.01. The Bertz CT molecular complexity index is 712. The number of hydrogen-bond acceptors (Lipinski definition) is 4. The maximum atomic E-state index is 11.8. The van der Waals surface area contributed by atoms with Gasteiger partial charge in [0.05, 0.1) is 0 Å². The van der Waals surface area contributed by atoms with Gasteiger partial charge in [-0.25, -0.2) is 0 Å². The molecule has 1 N–H and O–H groups in total. The minimum atomic E-state index is -4.17. The van der Waals surface area contributed by atoms with Crippen molar-refractivity contribution in [3.63, 3.8) is 0 Å². The smallest absolute Gasteiger partial charge is 0.289 e. The van der Waals surface area contributed by atoms with Gasteiger partial charge in [-0.2, -0.15) is 8.42 Å². The molecule has 0 spiro atoms. The molecule has 4 nitrogen and oxygen atoms in total. The van der Waals surface area contributed by atoms with Crippen molar-refractivity contribution in [3.8, 4) is 0 Å². The number of rotatable bonds is 4. The first-order valence-electron chi connectivity index (χ1n) is 5.31. The highest BCUT2D eigenvalue weighted by Gasteiger charge is 2.11. The lowest BCUT2D eigenvalue weighted by Crippen LogP contribution is -1.93. The summed E-state index contributed by atoms with van der Waals surface area (Å²) in [6.07, 6.45) is 2.89. The number of allylic oxidation sites excluding steroid dienone is 1. The van der Waals surface area contributed by atoms with Gasteiger partial charge in [-0.3, -0.25) is 9.35 Å². The van der Waals surface area contributed by atoms with Crippen molar-refractivity contribution in [2.75, 3.05) is 0 Å². The van der Waals surface area contributed by atoms with Crippen LogP contribution in [0, 0.1) is 0 Å². The highest BCUT2D eigenvalue weighted by molar-refractivity contribution is 7.88. The second-order valence-corrected chi connectivity index (χ2v) is 6.46. The first-order chi connectivity index (χ1) is 8.97. The summed E-state index contributed by atoms with van der Waals surface area (Å²) in [5, 5.41) is 0. The van der Waals surface area contributed by atoms with E-state index in [-0.39, 0.29) is 9.99 Å². The normalized spacial score (nSPS) is 11.8. The van der Waals surface area contributed by atoms with E-state index in [2.05, 4.69) is 0 Å². The minimum Gasteiger partial charge on any atom is -0.289 e. The van der Waals surface area contributed by atoms with Gasteiger partial charge in [-0.1, -0.05) is 30.3 Å². The van der Waals surface area contributed by atoms with Crippen LogP contribution >= 0.6 is 11.3 Å². The van der Waals surface area contributed by atoms with Crippen LogP contribution in [0.4, 0.5) is 0 Å². The second kappa shape index (κ2) is 5.48. The molecule has 1 aromatic carbocycles. The third kappa shape index (κ3) is 3.60. The summed E-state index contributed by atoms with van der Waals surface area (Å²) in [6.45, 7) is 0. The fourth-order valence-electron chi connectivity index (χ4n) is 1.42. The molecular weight excluding hydrogens is 284 g/mol. The van der Waals surface area contributed by atoms with Gasteiger partial charge in [0.2, 0.25) is 0 Å². The van der Waals surface area contributed by atoms with E-state index in [1.807, 2.05) is 6.07 Å². The van der Waals surface area contributed by atoms with Crippen molar-refractivity contribution in [2.24, 2.45) is 0 Å². The van der Waals surface area contributed by atoms with Crippen LogP contribution in [0.15, 0.2) is 52.7 Å². The largest absolute Gasteiger partial charge is 0.304 e. The van der Waals surface area contributed by atoms with E-state index in [4.69, 9.17) is 4.55 Å². The molecule has 6 heteroatoms. The van der Waals surface area contributed by atoms with Crippen LogP contribution in [0.3, 0.4) is 0 Å². The van der Waals surface area contributed by atoms with Gasteiger partial charge in [0.15, 0.2) is 5.78 Å². The number of hydrogen-bond donors (Lipinski definition) is 1. The molecule has 0 radical (unpaired) electrons. The predicted molar refractivity (Wildman–Crippen MR) is 73.9 cm³/mol. The van der Waals surface area contributed by atoms with E-state index in [0.717, 1.165) is 11.3 Å². The van der Waals surface area contributed by atoms with Crippen molar-refractivity contribution < 1.29 is 17.8 Å². The molecule has 98 valence electrons. The lowest BCUT2D eigenvalue weighted by Gasteiger charge is -1.93. The molecule has 0 saturated carbocycles. The SMILES string of the molecule is O=C(/C=C/c1ccc(S(=O)(=O)O)s1)c1ccccc1. The van der Waals surface area contributed by atoms with E-state index < -0.39 is 10.1 Å². The van der Waals surface area contributed by atoms with Gasteiger partial charge in [-0.05, 0) is 24.3 Å². The van der Waals surface area contributed by atoms with E-state index in [9.17, 15) is 13.2 Å². The Morgan fingerprint density at radius 2 is 1.79 bits per heavy atom. The Kier molecular flexibility index (Phi) is 3.94. The number of benzene rings is 1. The van der Waals surface area contributed by atoms with Crippen LogP contribution in [0.2, 0.25) is 0 Å². The van der Waals surface area contributed by atoms with Gasteiger partial charge in [0.25, 0.3) is 0 Å². The van der Waals surface area contributed by atoms with Crippen molar-refractivity contribution in [1.82, 2.24) is 0 Å². The zero-order chi connectivity index (χ0) is 13.9. The Morgan fingerprint density at radius 3 is 2.37 bits per heavy atom. The predicted octanol–water partition coefficient (Wildman–Crippen LogP) is 2.89. The molecule has 0 aliphatic carbocycles. The minimum absolute atomic E-state index is 0.140. The molecule has 2 rings (SSSR count). The van der Waals surface area contributed by atoms with Gasteiger partial charge < -0.3 is 0 Å². The summed E-state index contributed by atoms with van der Waals surface area (Å²) in [6, 6.07) is 11.6. The number of ketones is 1. The molecular formula is C13H10O4S2. The fraction of sp³-hybridized carbons (Fsp3) is 0. The maximum absolute atomic E-state index is 11.8. The highest BCUT2D eigenvalue weighted by atomic mass is 32.3. The van der Waals surface area contributed by atoms with Gasteiger partial charge in [0.1, 0.15) is 4.21 Å².